The van der Waals surface area contributed by atoms with Gasteiger partial charge in [0.1, 0.15) is 4.47 Å². The minimum absolute atomic E-state index is 0.148. The second kappa shape index (κ2) is 6.15. The number of nitro benzene ring substituents is 1. The summed E-state index contributed by atoms with van der Waals surface area (Å²) in [4.78, 5) is 22.5. The first-order valence-corrected chi connectivity index (χ1v) is 7.08. The number of nitrogens with one attached hydrogen (secondary N) is 1. The molecule has 0 bridgehead atoms. The lowest BCUT2D eigenvalue weighted by atomic mass is 10.2. The van der Waals surface area contributed by atoms with Crippen LogP contribution in [0.2, 0.25) is 0 Å². The number of nitro groups is 1. The third kappa shape index (κ3) is 3.05. The highest BCUT2D eigenvalue weighted by atomic mass is 79.9. The summed E-state index contributed by atoms with van der Waals surface area (Å²) in [5.74, 6) is -0.424. The van der Waals surface area contributed by atoms with Crippen LogP contribution in [0.3, 0.4) is 0 Å². The summed E-state index contributed by atoms with van der Waals surface area (Å²) >= 11 is 6.42. The summed E-state index contributed by atoms with van der Waals surface area (Å²) in [5, 5.41) is 13.5. The Morgan fingerprint density at radius 3 is 2.45 bits per heavy atom. The van der Waals surface area contributed by atoms with E-state index in [0.717, 1.165) is 4.47 Å². The number of carbonyl (C=O) groups excluding carboxylic acids is 1. The van der Waals surface area contributed by atoms with Crippen LogP contribution in [0.4, 0.5) is 11.4 Å². The second-order valence-electron chi connectivity index (χ2n) is 3.83. The van der Waals surface area contributed by atoms with Gasteiger partial charge < -0.3 is 5.32 Å². The van der Waals surface area contributed by atoms with E-state index >= 15 is 0 Å². The van der Waals surface area contributed by atoms with Crippen molar-refractivity contribution in [3.8, 4) is 0 Å². The first-order valence-electron chi connectivity index (χ1n) is 5.49. The molecular weight excluding hydrogens is 392 g/mol. The smallest absolute Gasteiger partial charge is 0.284 e. The van der Waals surface area contributed by atoms with E-state index < -0.39 is 10.8 Å². The lowest BCUT2D eigenvalue weighted by molar-refractivity contribution is -0.385. The van der Waals surface area contributed by atoms with Crippen molar-refractivity contribution in [1.82, 2.24) is 0 Å². The Kier molecular flexibility index (Phi) is 4.51. The van der Waals surface area contributed by atoms with E-state index in [0.29, 0.717) is 5.69 Å². The maximum absolute atomic E-state index is 12.2. The van der Waals surface area contributed by atoms with E-state index in [1.54, 1.807) is 18.2 Å². The van der Waals surface area contributed by atoms with E-state index in [-0.39, 0.29) is 15.7 Å². The molecule has 1 amide bonds. The highest BCUT2D eigenvalue weighted by molar-refractivity contribution is 9.11. The van der Waals surface area contributed by atoms with Gasteiger partial charge in [0.2, 0.25) is 0 Å². The molecule has 0 aromatic heterocycles. The zero-order chi connectivity index (χ0) is 14.7. The molecule has 0 atom stereocenters. The molecule has 0 unspecified atom stereocenters. The molecule has 2 rings (SSSR count). The number of carbonyl (C=O) groups is 1. The highest BCUT2D eigenvalue weighted by Crippen LogP contribution is 2.29. The van der Waals surface area contributed by atoms with Crippen LogP contribution in [-0.2, 0) is 0 Å². The molecule has 20 heavy (non-hydrogen) atoms. The van der Waals surface area contributed by atoms with Crippen LogP contribution in [0, 0.1) is 10.1 Å². The Labute approximate surface area is 131 Å². The molecule has 5 nitrogen and oxygen atoms in total. The van der Waals surface area contributed by atoms with Crippen molar-refractivity contribution >= 4 is 49.1 Å². The van der Waals surface area contributed by atoms with E-state index in [4.69, 9.17) is 0 Å². The largest absolute Gasteiger partial charge is 0.321 e. The van der Waals surface area contributed by atoms with Crippen LogP contribution >= 0.6 is 31.9 Å². The van der Waals surface area contributed by atoms with Gasteiger partial charge in [0.05, 0.1) is 16.2 Å². The van der Waals surface area contributed by atoms with Crippen molar-refractivity contribution in [2.24, 2.45) is 0 Å². The minimum Gasteiger partial charge on any atom is -0.321 e. The zero-order valence-corrected chi connectivity index (χ0v) is 13.1. The number of para-hydroxylation sites is 1. The molecule has 0 fully saturated rings. The third-order valence-corrected chi connectivity index (χ3v) is 4.07. The summed E-state index contributed by atoms with van der Waals surface area (Å²) < 4.78 is 0.893. The highest BCUT2D eigenvalue weighted by Gasteiger charge is 2.19. The van der Waals surface area contributed by atoms with E-state index in [9.17, 15) is 14.9 Å². The molecule has 0 aliphatic heterocycles. The van der Waals surface area contributed by atoms with Crippen LogP contribution in [0.5, 0.6) is 0 Å². The molecule has 2 aromatic rings. The Bertz CT molecular complexity index is 689. The number of nitrogens with zero attached hydrogens (tertiary/aromatic N) is 1. The van der Waals surface area contributed by atoms with E-state index in [1.807, 2.05) is 6.07 Å². The molecule has 102 valence electrons. The molecule has 0 heterocycles. The Morgan fingerprint density at radius 2 is 1.80 bits per heavy atom. The van der Waals surface area contributed by atoms with Gasteiger partial charge >= 0.3 is 0 Å². The zero-order valence-electron chi connectivity index (χ0n) is 9.97. The molecule has 1 N–H and O–H groups in total. The number of halogens is 2. The van der Waals surface area contributed by atoms with Crippen LogP contribution in [0.25, 0.3) is 0 Å². The van der Waals surface area contributed by atoms with Gasteiger partial charge in [-0.15, -0.1) is 0 Å². The predicted octanol–water partition coefficient (Wildman–Crippen LogP) is 4.37. The van der Waals surface area contributed by atoms with Crippen LogP contribution in [0.15, 0.2) is 51.4 Å². The van der Waals surface area contributed by atoms with Gasteiger partial charge in [0.25, 0.3) is 11.6 Å². The molecule has 0 spiro atoms. The molecule has 0 saturated heterocycles. The lowest BCUT2D eigenvalue weighted by Gasteiger charge is -2.08. The van der Waals surface area contributed by atoms with Gasteiger partial charge in [-0.25, -0.2) is 0 Å². The topological polar surface area (TPSA) is 72.2 Å². The number of amides is 1. The summed E-state index contributed by atoms with van der Waals surface area (Å²) in [6.45, 7) is 0. The standard InChI is InChI=1S/C13H8Br2N2O3/c14-9-5-1-2-6-10(9)16-13(18)8-4-3-7-11(12(8)15)17(19)20/h1-7H,(H,16,18). The van der Waals surface area contributed by atoms with Crippen molar-refractivity contribution in [2.45, 2.75) is 0 Å². The van der Waals surface area contributed by atoms with Gasteiger partial charge in [0, 0.05) is 10.5 Å². The van der Waals surface area contributed by atoms with Gasteiger partial charge in [-0.3, -0.25) is 14.9 Å². The Morgan fingerprint density at radius 1 is 1.10 bits per heavy atom. The molecule has 0 aliphatic rings. The fraction of sp³-hybridized carbons (Fsp3) is 0. The van der Waals surface area contributed by atoms with Crippen molar-refractivity contribution in [2.75, 3.05) is 5.32 Å². The van der Waals surface area contributed by atoms with Crippen molar-refractivity contribution in [1.29, 1.82) is 0 Å². The van der Waals surface area contributed by atoms with Crippen LogP contribution in [0.1, 0.15) is 10.4 Å². The molecule has 7 heteroatoms. The monoisotopic (exact) mass is 398 g/mol. The average Bonchev–Trinajstić information content (AvgIpc) is 2.41. The van der Waals surface area contributed by atoms with E-state index in [2.05, 4.69) is 37.2 Å². The number of benzene rings is 2. The maximum Gasteiger partial charge on any atom is 0.284 e. The Balaban J connectivity index is 2.33. The molecule has 0 saturated carbocycles. The quantitative estimate of drug-likeness (QED) is 0.615. The first-order chi connectivity index (χ1) is 9.50. The normalized spacial score (nSPS) is 10.1. The van der Waals surface area contributed by atoms with Gasteiger partial charge in [-0.2, -0.15) is 0 Å². The van der Waals surface area contributed by atoms with Crippen molar-refractivity contribution in [3.05, 3.63) is 67.1 Å². The number of hydrogen-bond acceptors (Lipinski definition) is 3. The average molecular weight is 400 g/mol. The van der Waals surface area contributed by atoms with Crippen molar-refractivity contribution < 1.29 is 9.72 Å². The SMILES string of the molecule is O=C(Nc1ccccc1Br)c1cccc([N+](=O)[O-])c1Br. The van der Waals surface area contributed by atoms with Gasteiger partial charge in [-0.1, -0.05) is 18.2 Å². The van der Waals surface area contributed by atoms with Crippen molar-refractivity contribution in [3.63, 3.8) is 0 Å². The second-order valence-corrected chi connectivity index (χ2v) is 5.48. The van der Waals surface area contributed by atoms with E-state index in [1.165, 1.54) is 18.2 Å². The van der Waals surface area contributed by atoms with Gasteiger partial charge in [-0.05, 0) is 50.1 Å². The Hall–Kier alpha value is -1.73. The van der Waals surface area contributed by atoms with Gasteiger partial charge in [0.15, 0.2) is 0 Å². The number of anilines is 1. The third-order valence-electron chi connectivity index (χ3n) is 2.54. The van der Waals surface area contributed by atoms with Crippen LogP contribution < -0.4 is 5.32 Å². The molecule has 2 aromatic carbocycles. The number of rotatable bonds is 3. The molecule has 0 radical (unpaired) electrons. The fourth-order valence-electron chi connectivity index (χ4n) is 1.59. The molecule has 0 aliphatic carbocycles. The summed E-state index contributed by atoms with van der Waals surface area (Å²) in [6, 6.07) is 11.4. The van der Waals surface area contributed by atoms with Crippen LogP contribution in [-0.4, -0.2) is 10.8 Å². The predicted molar refractivity (Wildman–Crippen MR) is 82.9 cm³/mol. The minimum atomic E-state index is -0.542. The summed E-state index contributed by atoms with van der Waals surface area (Å²) in [5.41, 5.74) is 0.649. The molecular formula is C13H8Br2N2O3. The number of hydrogen-bond donors (Lipinski definition) is 1. The summed E-state index contributed by atoms with van der Waals surface area (Å²) in [7, 11) is 0. The lowest BCUT2D eigenvalue weighted by Crippen LogP contribution is -2.13. The fourth-order valence-corrected chi connectivity index (χ4v) is 2.56. The first kappa shape index (κ1) is 14.7. The summed E-state index contributed by atoms with van der Waals surface area (Å²) in [6.07, 6.45) is 0. The maximum atomic E-state index is 12.2.